The van der Waals surface area contributed by atoms with Gasteiger partial charge in [-0.2, -0.15) is 0 Å². The molecule has 5 nitrogen and oxygen atoms in total. The van der Waals surface area contributed by atoms with Gasteiger partial charge in [0.15, 0.2) is 18.1 Å². The second kappa shape index (κ2) is 8.52. The van der Waals surface area contributed by atoms with Gasteiger partial charge in [0.1, 0.15) is 19.0 Å². The lowest BCUT2D eigenvalue weighted by atomic mass is 10.1. The van der Waals surface area contributed by atoms with E-state index >= 15 is 0 Å². The fourth-order valence-corrected chi connectivity index (χ4v) is 3.07. The third-order valence-corrected chi connectivity index (χ3v) is 4.49. The van der Waals surface area contributed by atoms with E-state index in [9.17, 15) is 4.79 Å². The molecule has 26 heavy (non-hydrogen) atoms. The van der Waals surface area contributed by atoms with Crippen molar-refractivity contribution < 1.29 is 19.0 Å². The molecular formula is C19H19Cl2NO4. The zero-order chi connectivity index (χ0) is 18.5. The number of rotatable bonds is 6. The van der Waals surface area contributed by atoms with Gasteiger partial charge in [0, 0.05) is 18.1 Å². The average Bonchev–Trinajstić information content (AvgIpc) is 2.65. The maximum atomic E-state index is 12.5. The van der Waals surface area contributed by atoms with Crippen molar-refractivity contribution in [2.75, 3.05) is 26.4 Å². The molecule has 0 saturated carbocycles. The molecule has 0 bridgehead atoms. The maximum Gasteiger partial charge on any atom is 0.260 e. The molecule has 7 heteroatoms. The van der Waals surface area contributed by atoms with E-state index < -0.39 is 0 Å². The number of carbonyl (C=O) groups is 1. The van der Waals surface area contributed by atoms with Crippen molar-refractivity contribution in [1.29, 1.82) is 0 Å². The van der Waals surface area contributed by atoms with Gasteiger partial charge in [-0.3, -0.25) is 4.79 Å². The Bertz CT molecular complexity index is 797. The summed E-state index contributed by atoms with van der Waals surface area (Å²) < 4.78 is 16.6. The number of hydrogen-bond donors (Lipinski definition) is 0. The topological polar surface area (TPSA) is 48.0 Å². The standard InChI is InChI=1S/C19H19Cl2NO4/c1-2-22(11-13-3-5-17-18(9-13)25-8-7-24-17)19(23)12-26-16-6-4-14(20)10-15(16)21/h3-6,9-10H,2,7-8,11-12H2,1H3. The maximum absolute atomic E-state index is 12.5. The van der Waals surface area contributed by atoms with Gasteiger partial charge in [-0.1, -0.05) is 29.3 Å². The Kier molecular flexibility index (Phi) is 6.12. The fraction of sp³-hybridized carbons (Fsp3) is 0.316. The van der Waals surface area contributed by atoms with Crippen molar-refractivity contribution in [3.63, 3.8) is 0 Å². The first-order chi connectivity index (χ1) is 12.6. The molecule has 0 spiro atoms. The summed E-state index contributed by atoms with van der Waals surface area (Å²) in [5, 5.41) is 0.891. The number of carbonyl (C=O) groups excluding carboxylic acids is 1. The van der Waals surface area contributed by atoms with E-state index in [0.717, 1.165) is 11.3 Å². The number of benzene rings is 2. The van der Waals surface area contributed by atoms with E-state index in [2.05, 4.69) is 0 Å². The first-order valence-electron chi connectivity index (χ1n) is 8.31. The number of amides is 1. The van der Waals surface area contributed by atoms with Crippen LogP contribution in [-0.2, 0) is 11.3 Å². The van der Waals surface area contributed by atoms with Crippen molar-refractivity contribution >= 4 is 29.1 Å². The van der Waals surface area contributed by atoms with Crippen molar-refractivity contribution in [2.24, 2.45) is 0 Å². The van der Waals surface area contributed by atoms with Gasteiger partial charge in [-0.15, -0.1) is 0 Å². The first kappa shape index (κ1) is 18.7. The minimum atomic E-state index is -0.131. The number of fused-ring (bicyclic) bond motifs is 1. The molecule has 1 aliphatic rings. The average molecular weight is 396 g/mol. The summed E-state index contributed by atoms with van der Waals surface area (Å²) in [6, 6.07) is 10.6. The van der Waals surface area contributed by atoms with Crippen LogP contribution in [0.1, 0.15) is 12.5 Å². The molecule has 3 rings (SSSR count). The highest BCUT2D eigenvalue weighted by Gasteiger charge is 2.17. The lowest BCUT2D eigenvalue weighted by Gasteiger charge is -2.23. The van der Waals surface area contributed by atoms with E-state index in [4.69, 9.17) is 37.4 Å². The quantitative estimate of drug-likeness (QED) is 0.735. The number of ether oxygens (including phenoxy) is 3. The van der Waals surface area contributed by atoms with E-state index in [1.165, 1.54) is 0 Å². The minimum Gasteiger partial charge on any atom is -0.486 e. The van der Waals surface area contributed by atoms with E-state index in [-0.39, 0.29) is 12.5 Å². The van der Waals surface area contributed by atoms with Crippen molar-refractivity contribution in [2.45, 2.75) is 13.5 Å². The number of nitrogens with zero attached hydrogens (tertiary/aromatic N) is 1. The molecule has 0 saturated heterocycles. The summed E-state index contributed by atoms with van der Waals surface area (Å²) >= 11 is 11.9. The third-order valence-electron chi connectivity index (χ3n) is 3.96. The molecule has 2 aromatic carbocycles. The molecule has 2 aromatic rings. The van der Waals surface area contributed by atoms with E-state index in [1.807, 2.05) is 25.1 Å². The zero-order valence-corrected chi connectivity index (χ0v) is 15.8. The Morgan fingerprint density at radius 2 is 1.88 bits per heavy atom. The Hall–Kier alpha value is -2.11. The van der Waals surface area contributed by atoms with Crippen LogP contribution >= 0.6 is 23.2 Å². The lowest BCUT2D eigenvalue weighted by molar-refractivity contribution is -0.133. The number of halogens is 2. The van der Waals surface area contributed by atoms with E-state index in [1.54, 1.807) is 23.1 Å². The van der Waals surface area contributed by atoms with Crippen LogP contribution in [0, 0.1) is 0 Å². The Balaban J connectivity index is 1.61. The minimum absolute atomic E-state index is 0.0975. The summed E-state index contributed by atoms with van der Waals surface area (Å²) in [7, 11) is 0. The highest BCUT2D eigenvalue weighted by molar-refractivity contribution is 6.35. The van der Waals surface area contributed by atoms with Gasteiger partial charge in [-0.05, 0) is 42.8 Å². The van der Waals surface area contributed by atoms with Gasteiger partial charge in [-0.25, -0.2) is 0 Å². The molecular weight excluding hydrogens is 377 g/mol. The predicted octanol–water partition coefficient (Wildman–Crippen LogP) is 4.19. The number of likely N-dealkylation sites (N-methyl/N-ethyl adjacent to an activating group) is 1. The largest absolute Gasteiger partial charge is 0.486 e. The Morgan fingerprint density at radius 3 is 2.62 bits per heavy atom. The summed E-state index contributed by atoms with van der Waals surface area (Å²) in [5.74, 6) is 1.74. The summed E-state index contributed by atoms with van der Waals surface area (Å²) in [5.41, 5.74) is 0.967. The molecule has 1 amide bonds. The van der Waals surface area contributed by atoms with Gasteiger partial charge in [0.05, 0.1) is 5.02 Å². The Labute approximate surface area is 162 Å². The van der Waals surface area contributed by atoms with Crippen LogP contribution in [0.3, 0.4) is 0 Å². The van der Waals surface area contributed by atoms with Gasteiger partial charge < -0.3 is 19.1 Å². The molecule has 0 unspecified atom stereocenters. The van der Waals surface area contributed by atoms with E-state index in [0.29, 0.717) is 47.8 Å². The molecule has 0 fully saturated rings. The van der Waals surface area contributed by atoms with Crippen LogP contribution < -0.4 is 14.2 Å². The SMILES string of the molecule is CCN(Cc1ccc2c(c1)OCCO2)C(=O)COc1ccc(Cl)cc1Cl. The summed E-state index contributed by atoms with van der Waals surface area (Å²) in [6.07, 6.45) is 0. The second-order valence-electron chi connectivity index (χ2n) is 5.75. The van der Waals surface area contributed by atoms with Crippen LogP contribution in [0.2, 0.25) is 10.0 Å². The van der Waals surface area contributed by atoms with Crippen molar-refractivity contribution in [1.82, 2.24) is 4.90 Å². The monoisotopic (exact) mass is 395 g/mol. The molecule has 0 atom stereocenters. The molecule has 138 valence electrons. The van der Waals surface area contributed by atoms with Crippen LogP contribution in [0.25, 0.3) is 0 Å². The molecule has 0 aromatic heterocycles. The highest BCUT2D eigenvalue weighted by Crippen LogP contribution is 2.31. The molecule has 0 aliphatic carbocycles. The molecule has 0 N–H and O–H groups in total. The Morgan fingerprint density at radius 1 is 1.12 bits per heavy atom. The highest BCUT2D eigenvalue weighted by atomic mass is 35.5. The smallest absolute Gasteiger partial charge is 0.260 e. The lowest BCUT2D eigenvalue weighted by Crippen LogP contribution is -2.34. The van der Waals surface area contributed by atoms with Crippen LogP contribution in [0.5, 0.6) is 17.2 Å². The zero-order valence-electron chi connectivity index (χ0n) is 14.3. The summed E-state index contributed by atoms with van der Waals surface area (Å²) in [6.45, 7) is 3.93. The summed E-state index contributed by atoms with van der Waals surface area (Å²) in [4.78, 5) is 14.2. The molecule has 1 heterocycles. The predicted molar refractivity (Wildman–Crippen MR) is 100 cm³/mol. The van der Waals surface area contributed by atoms with Crippen LogP contribution in [-0.4, -0.2) is 37.2 Å². The number of hydrogen-bond acceptors (Lipinski definition) is 4. The second-order valence-corrected chi connectivity index (χ2v) is 6.59. The van der Waals surface area contributed by atoms with Gasteiger partial charge in [0.25, 0.3) is 5.91 Å². The van der Waals surface area contributed by atoms with Gasteiger partial charge in [0.2, 0.25) is 0 Å². The molecule has 1 aliphatic heterocycles. The van der Waals surface area contributed by atoms with Crippen LogP contribution in [0.4, 0.5) is 0 Å². The van der Waals surface area contributed by atoms with Crippen molar-refractivity contribution in [3.05, 3.63) is 52.0 Å². The fourth-order valence-electron chi connectivity index (χ4n) is 2.61. The van der Waals surface area contributed by atoms with Crippen molar-refractivity contribution in [3.8, 4) is 17.2 Å². The first-order valence-corrected chi connectivity index (χ1v) is 9.06. The van der Waals surface area contributed by atoms with Gasteiger partial charge >= 0.3 is 0 Å². The third kappa shape index (κ3) is 4.54. The van der Waals surface area contributed by atoms with Crippen LogP contribution in [0.15, 0.2) is 36.4 Å². The molecule has 0 radical (unpaired) electrons. The normalized spacial score (nSPS) is 12.6.